The van der Waals surface area contributed by atoms with Gasteiger partial charge in [-0.25, -0.2) is 4.79 Å². The molecular formula is C14H19NO4. The van der Waals surface area contributed by atoms with E-state index in [1.807, 2.05) is 30.3 Å². The molecule has 1 aromatic carbocycles. The van der Waals surface area contributed by atoms with E-state index in [-0.39, 0.29) is 19.8 Å². The number of nitrogens with zero attached hydrogens (tertiary/aromatic N) is 1. The van der Waals surface area contributed by atoms with Crippen LogP contribution in [-0.2, 0) is 11.3 Å². The van der Waals surface area contributed by atoms with Crippen LogP contribution in [0.4, 0.5) is 4.79 Å². The van der Waals surface area contributed by atoms with Crippen LogP contribution in [0.1, 0.15) is 18.4 Å². The van der Waals surface area contributed by atoms with E-state index < -0.39 is 11.7 Å². The van der Waals surface area contributed by atoms with Crippen molar-refractivity contribution in [3.8, 4) is 0 Å². The predicted molar refractivity (Wildman–Crippen MR) is 69.5 cm³/mol. The molecule has 0 aliphatic carbocycles. The van der Waals surface area contributed by atoms with Gasteiger partial charge in [-0.3, -0.25) is 0 Å². The second kappa shape index (κ2) is 6.04. The lowest BCUT2D eigenvalue weighted by Crippen LogP contribution is -2.52. The summed E-state index contributed by atoms with van der Waals surface area (Å²) in [5, 5.41) is 19.1. The van der Waals surface area contributed by atoms with Crippen molar-refractivity contribution in [2.24, 2.45) is 0 Å². The molecule has 0 saturated carbocycles. The van der Waals surface area contributed by atoms with Crippen LogP contribution in [0, 0.1) is 0 Å². The van der Waals surface area contributed by atoms with Crippen molar-refractivity contribution in [2.45, 2.75) is 25.0 Å². The molecule has 1 aliphatic rings. The number of ether oxygens (including phenoxy) is 1. The van der Waals surface area contributed by atoms with Crippen molar-refractivity contribution in [1.82, 2.24) is 4.90 Å². The molecule has 0 unspecified atom stereocenters. The third-order valence-corrected chi connectivity index (χ3v) is 3.31. The van der Waals surface area contributed by atoms with Crippen molar-refractivity contribution in [3.05, 3.63) is 35.9 Å². The maximum atomic E-state index is 11.9. The van der Waals surface area contributed by atoms with E-state index in [9.17, 15) is 9.90 Å². The monoisotopic (exact) mass is 265 g/mol. The van der Waals surface area contributed by atoms with E-state index >= 15 is 0 Å². The number of hydrogen-bond acceptors (Lipinski definition) is 4. The van der Waals surface area contributed by atoms with E-state index in [0.29, 0.717) is 19.4 Å². The molecule has 19 heavy (non-hydrogen) atoms. The highest BCUT2D eigenvalue weighted by Crippen LogP contribution is 2.21. The molecular weight excluding hydrogens is 246 g/mol. The first-order chi connectivity index (χ1) is 9.13. The Morgan fingerprint density at radius 2 is 2.11 bits per heavy atom. The van der Waals surface area contributed by atoms with Gasteiger partial charge in [0.15, 0.2) is 0 Å². The Bertz CT molecular complexity index is 423. The minimum absolute atomic E-state index is 0.122. The molecule has 1 aliphatic heterocycles. The number of β-amino-alcohol motifs (C(OH)–C–C–N with tert-alkyl or cyclic N) is 1. The summed E-state index contributed by atoms with van der Waals surface area (Å²) in [6.07, 6.45) is 0.721. The third-order valence-electron chi connectivity index (χ3n) is 3.31. The van der Waals surface area contributed by atoms with Crippen molar-refractivity contribution in [3.63, 3.8) is 0 Å². The summed E-state index contributed by atoms with van der Waals surface area (Å²) in [5.41, 5.74) is -0.269. The molecule has 5 nitrogen and oxygen atoms in total. The molecule has 1 amide bonds. The molecule has 0 spiro atoms. The van der Waals surface area contributed by atoms with Crippen LogP contribution in [0.2, 0.25) is 0 Å². The molecule has 0 radical (unpaired) electrons. The lowest BCUT2D eigenvalue weighted by atomic mass is 9.94. The number of carbonyl (C=O) groups is 1. The molecule has 2 N–H and O–H groups in total. The second-order valence-corrected chi connectivity index (χ2v) is 4.95. The minimum atomic E-state index is -1.19. The number of aliphatic hydroxyl groups excluding tert-OH is 1. The molecule has 2 rings (SSSR count). The lowest BCUT2D eigenvalue weighted by Gasteiger charge is -2.37. The Kier molecular flexibility index (Phi) is 4.39. The number of piperidine rings is 1. The molecule has 1 saturated heterocycles. The zero-order valence-corrected chi connectivity index (χ0v) is 10.8. The van der Waals surface area contributed by atoms with E-state index in [1.54, 1.807) is 0 Å². The summed E-state index contributed by atoms with van der Waals surface area (Å²) >= 11 is 0. The Morgan fingerprint density at radius 3 is 2.79 bits per heavy atom. The Morgan fingerprint density at radius 1 is 1.37 bits per heavy atom. The highest BCUT2D eigenvalue weighted by Gasteiger charge is 2.35. The first-order valence-electron chi connectivity index (χ1n) is 6.42. The number of rotatable bonds is 3. The topological polar surface area (TPSA) is 70.0 Å². The van der Waals surface area contributed by atoms with Gasteiger partial charge in [0.1, 0.15) is 12.2 Å². The van der Waals surface area contributed by atoms with Crippen LogP contribution in [0.3, 0.4) is 0 Å². The smallest absolute Gasteiger partial charge is 0.410 e. The summed E-state index contributed by atoms with van der Waals surface area (Å²) < 4.78 is 5.20. The highest BCUT2D eigenvalue weighted by atomic mass is 16.6. The fourth-order valence-electron chi connectivity index (χ4n) is 2.21. The van der Waals surface area contributed by atoms with E-state index in [2.05, 4.69) is 0 Å². The van der Waals surface area contributed by atoms with Gasteiger partial charge < -0.3 is 19.8 Å². The van der Waals surface area contributed by atoms with Crippen LogP contribution >= 0.6 is 0 Å². The van der Waals surface area contributed by atoms with Crippen LogP contribution in [0.15, 0.2) is 30.3 Å². The van der Waals surface area contributed by atoms with Crippen molar-refractivity contribution < 1.29 is 19.7 Å². The SMILES string of the molecule is O=C(OCc1ccccc1)N1CCC[C@@](O)(CO)C1. The van der Waals surface area contributed by atoms with Crippen molar-refractivity contribution in [2.75, 3.05) is 19.7 Å². The van der Waals surface area contributed by atoms with Gasteiger partial charge in [0.05, 0.1) is 13.2 Å². The fourth-order valence-corrected chi connectivity index (χ4v) is 2.21. The maximum absolute atomic E-state index is 11.9. The number of aliphatic hydroxyl groups is 2. The normalized spacial score (nSPS) is 23.2. The third kappa shape index (κ3) is 3.68. The highest BCUT2D eigenvalue weighted by molar-refractivity contribution is 5.67. The maximum Gasteiger partial charge on any atom is 0.410 e. The molecule has 0 aromatic heterocycles. The first kappa shape index (κ1) is 13.8. The van der Waals surface area contributed by atoms with Gasteiger partial charge in [0, 0.05) is 6.54 Å². The molecule has 5 heteroatoms. The lowest BCUT2D eigenvalue weighted by molar-refractivity contribution is -0.0641. The van der Waals surface area contributed by atoms with Crippen LogP contribution in [0.5, 0.6) is 0 Å². The van der Waals surface area contributed by atoms with Crippen molar-refractivity contribution in [1.29, 1.82) is 0 Å². The largest absolute Gasteiger partial charge is 0.445 e. The average molecular weight is 265 g/mol. The van der Waals surface area contributed by atoms with Gasteiger partial charge in [-0.05, 0) is 18.4 Å². The Balaban J connectivity index is 1.86. The quantitative estimate of drug-likeness (QED) is 0.860. The van der Waals surface area contributed by atoms with Crippen molar-refractivity contribution >= 4 is 6.09 Å². The van der Waals surface area contributed by atoms with Crippen LogP contribution in [0.25, 0.3) is 0 Å². The summed E-state index contributed by atoms with van der Waals surface area (Å²) in [6.45, 7) is 0.552. The Hall–Kier alpha value is -1.59. The zero-order chi connectivity index (χ0) is 13.7. The molecule has 1 atom stereocenters. The molecule has 1 fully saturated rings. The van der Waals surface area contributed by atoms with Crippen LogP contribution in [-0.4, -0.2) is 46.5 Å². The fraction of sp³-hybridized carbons (Fsp3) is 0.500. The zero-order valence-electron chi connectivity index (χ0n) is 10.8. The molecule has 1 aromatic rings. The van der Waals surface area contributed by atoms with Crippen LogP contribution < -0.4 is 0 Å². The number of likely N-dealkylation sites (tertiary alicyclic amines) is 1. The van der Waals surface area contributed by atoms with E-state index in [4.69, 9.17) is 9.84 Å². The van der Waals surface area contributed by atoms with Gasteiger partial charge in [0.2, 0.25) is 0 Å². The van der Waals surface area contributed by atoms with Gasteiger partial charge in [0.25, 0.3) is 0 Å². The average Bonchev–Trinajstić information content (AvgIpc) is 2.46. The van der Waals surface area contributed by atoms with Gasteiger partial charge in [-0.1, -0.05) is 30.3 Å². The van der Waals surface area contributed by atoms with Gasteiger partial charge in [-0.2, -0.15) is 0 Å². The van der Waals surface area contributed by atoms with E-state index in [1.165, 1.54) is 4.90 Å². The first-order valence-corrected chi connectivity index (χ1v) is 6.42. The summed E-state index contributed by atoms with van der Waals surface area (Å²) in [6, 6.07) is 9.43. The predicted octanol–water partition coefficient (Wildman–Crippen LogP) is 1.14. The number of benzene rings is 1. The Labute approximate surface area is 112 Å². The second-order valence-electron chi connectivity index (χ2n) is 4.95. The molecule has 0 bridgehead atoms. The molecule has 1 heterocycles. The summed E-state index contributed by atoms with van der Waals surface area (Å²) in [7, 11) is 0. The molecule has 104 valence electrons. The summed E-state index contributed by atoms with van der Waals surface area (Å²) in [4.78, 5) is 13.3. The number of carbonyl (C=O) groups excluding carboxylic acids is 1. The number of hydrogen-bond donors (Lipinski definition) is 2. The van der Waals surface area contributed by atoms with E-state index in [0.717, 1.165) is 5.56 Å². The standard InChI is InChI=1S/C14H19NO4/c16-11-14(18)7-4-8-15(10-14)13(17)19-9-12-5-2-1-3-6-12/h1-3,5-6,16,18H,4,7-11H2/t14-/m0/s1. The van der Waals surface area contributed by atoms with Gasteiger partial charge >= 0.3 is 6.09 Å². The minimum Gasteiger partial charge on any atom is -0.445 e. The van der Waals surface area contributed by atoms with Gasteiger partial charge in [-0.15, -0.1) is 0 Å². The summed E-state index contributed by atoms with van der Waals surface area (Å²) in [5.74, 6) is 0. The number of amides is 1.